The lowest BCUT2D eigenvalue weighted by Gasteiger charge is -2.04. The minimum atomic E-state index is 0.182. The van der Waals surface area contributed by atoms with Gasteiger partial charge in [0.2, 0.25) is 5.91 Å². The molecule has 2 aromatic heterocycles. The van der Waals surface area contributed by atoms with Crippen LogP contribution in [0.25, 0.3) is 0 Å². The average Bonchev–Trinajstić information content (AvgIpc) is 3.15. The third-order valence-corrected chi connectivity index (χ3v) is 4.82. The van der Waals surface area contributed by atoms with Gasteiger partial charge in [-0.3, -0.25) is 9.78 Å². The number of carbonyl (C=O) groups is 1. The average molecular weight is 286 g/mol. The molecule has 104 valence electrons. The molecule has 20 heavy (non-hydrogen) atoms. The summed E-state index contributed by atoms with van der Waals surface area (Å²) >= 11 is 1.81. The van der Waals surface area contributed by atoms with Gasteiger partial charge >= 0.3 is 0 Å². The summed E-state index contributed by atoms with van der Waals surface area (Å²) in [6.45, 7) is 2.80. The highest BCUT2D eigenvalue weighted by atomic mass is 32.1. The molecule has 1 amide bonds. The van der Waals surface area contributed by atoms with E-state index in [0.29, 0.717) is 12.5 Å². The number of hydrogen-bond acceptors (Lipinski definition) is 3. The number of aryl methyl sites for hydroxylation is 1. The van der Waals surface area contributed by atoms with Crippen molar-refractivity contribution in [2.75, 3.05) is 6.54 Å². The molecule has 0 aromatic carbocycles. The molecular formula is C16H18N2OS. The van der Waals surface area contributed by atoms with Crippen molar-refractivity contribution in [2.45, 2.75) is 25.7 Å². The summed E-state index contributed by atoms with van der Waals surface area (Å²) in [5.74, 6) is 0.832. The second-order valence-corrected chi connectivity index (χ2v) is 6.62. The van der Waals surface area contributed by atoms with Crippen molar-refractivity contribution < 1.29 is 4.79 Å². The normalized spacial score (nSPS) is 20.6. The molecule has 1 saturated carbocycles. The Morgan fingerprint density at radius 1 is 1.45 bits per heavy atom. The summed E-state index contributed by atoms with van der Waals surface area (Å²) in [5, 5.41) is 3.04. The molecule has 1 aliphatic rings. The number of nitrogens with zero attached hydrogens (tertiary/aromatic N) is 1. The van der Waals surface area contributed by atoms with Crippen LogP contribution in [0.4, 0.5) is 0 Å². The molecule has 4 heteroatoms. The van der Waals surface area contributed by atoms with Crippen LogP contribution in [0.3, 0.4) is 0 Å². The zero-order chi connectivity index (χ0) is 13.9. The predicted octanol–water partition coefficient (Wildman–Crippen LogP) is 2.91. The van der Waals surface area contributed by atoms with E-state index in [-0.39, 0.29) is 11.8 Å². The standard InChI is InChI=1S/C16H18N2OS/c1-11-4-5-15(20-11)13-9-14(13)16(19)18-8-6-12-3-2-7-17-10-12/h2-5,7,10,13-14H,6,8-9H2,1H3,(H,18,19)/t13-,14-/m0/s1. The second-order valence-electron chi connectivity index (χ2n) is 5.30. The van der Waals surface area contributed by atoms with E-state index in [1.54, 1.807) is 6.20 Å². The lowest BCUT2D eigenvalue weighted by atomic mass is 10.2. The van der Waals surface area contributed by atoms with Crippen LogP contribution in [0.5, 0.6) is 0 Å². The maximum Gasteiger partial charge on any atom is 0.223 e. The molecule has 1 aliphatic carbocycles. The number of hydrogen-bond donors (Lipinski definition) is 1. The molecule has 2 aromatic rings. The van der Waals surface area contributed by atoms with E-state index in [2.05, 4.69) is 29.4 Å². The highest BCUT2D eigenvalue weighted by Gasteiger charge is 2.44. The first kappa shape index (κ1) is 13.3. The molecule has 0 bridgehead atoms. The number of rotatable bonds is 5. The first-order valence-corrected chi connectivity index (χ1v) is 7.78. The molecule has 1 N–H and O–H groups in total. The molecule has 3 rings (SSSR count). The Kier molecular flexibility index (Phi) is 3.83. The Morgan fingerprint density at radius 2 is 2.35 bits per heavy atom. The molecule has 1 fully saturated rings. The maximum atomic E-state index is 12.1. The van der Waals surface area contributed by atoms with E-state index >= 15 is 0 Å². The van der Waals surface area contributed by atoms with Crippen LogP contribution >= 0.6 is 11.3 Å². The first-order valence-electron chi connectivity index (χ1n) is 6.97. The zero-order valence-electron chi connectivity index (χ0n) is 11.5. The summed E-state index contributed by atoms with van der Waals surface area (Å²) in [6.07, 6.45) is 5.45. The molecule has 0 unspecified atom stereocenters. The monoisotopic (exact) mass is 286 g/mol. The minimum absolute atomic E-state index is 0.182. The summed E-state index contributed by atoms with van der Waals surface area (Å²) in [7, 11) is 0. The van der Waals surface area contributed by atoms with Gasteiger partial charge in [-0.05, 0) is 43.5 Å². The van der Waals surface area contributed by atoms with Crippen LogP contribution in [-0.2, 0) is 11.2 Å². The van der Waals surface area contributed by atoms with E-state index in [4.69, 9.17) is 0 Å². The van der Waals surface area contributed by atoms with Crippen molar-refractivity contribution in [3.8, 4) is 0 Å². The largest absolute Gasteiger partial charge is 0.356 e. The molecule has 0 spiro atoms. The van der Waals surface area contributed by atoms with Crippen LogP contribution in [0.1, 0.15) is 27.7 Å². The van der Waals surface area contributed by atoms with Crippen LogP contribution in [0.15, 0.2) is 36.7 Å². The van der Waals surface area contributed by atoms with Gasteiger partial charge in [0.15, 0.2) is 0 Å². The number of nitrogens with one attached hydrogen (secondary N) is 1. The highest BCUT2D eigenvalue weighted by molar-refractivity contribution is 7.12. The molecular weight excluding hydrogens is 268 g/mol. The smallest absolute Gasteiger partial charge is 0.223 e. The third-order valence-electron chi connectivity index (χ3n) is 3.69. The fraction of sp³-hybridized carbons (Fsp3) is 0.375. The lowest BCUT2D eigenvalue weighted by molar-refractivity contribution is -0.122. The number of thiophene rings is 1. The molecule has 0 aliphatic heterocycles. The van der Waals surface area contributed by atoms with E-state index in [9.17, 15) is 4.79 Å². The number of amides is 1. The summed E-state index contributed by atoms with van der Waals surface area (Å²) in [5.41, 5.74) is 1.16. The first-order chi connectivity index (χ1) is 9.74. The van der Waals surface area contributed by atoms with E-state index in [0.717, 1.165) is 18.4 Å². The van der Waals surface area contributed by atoms with Crippen molar-refractivity contribution in [3.63, 3.8) is 0 Å². The minimum Gasteiger partial charge on any atom is -0.356 e. The number of pyridine rings is 1. The van der Waals surface area contributed by atoms with Crippen LogP contribution in [-0.4, -0.2) is 17.4 Å². The predicted molar refractivity (Wildman–Crippen MR) is 80.9 cm³/mol. The van der Waals surface area contributed by atoms with Gasteiger partial charge in [0.25, 0.3) is 0 Å². The summed E-state index contributed by atoms with van der Waals surface area (Å²) < 4.78 is 0. The van der Waals surface area contributed by atoms with E-state index < -0.39 is 0 Å². The Morgan fingerprint density at radius 3 is 3.05 bits per heavy atom. The van der Waals surface area contributed by atoms with Crippen molar-refractivity contribution in [3.05, 3.63) is 52.0 Å². The Labute approximate surface area is 123 Å². The second kappa shape index (κ2) is 5.75. The highest BCUT2D eigenvalue weighted by Crippen LogP contribution is 2.49. The van der Waals surface area contributed by atoms with Crippen LogP contribution in [0.2, 0.25) is 0 Å². The van der Waals surface area contributed by atoms with Gasteiger partial charge in [0.1, 0.15) is 0 Å². The number of carbonyl (C=O) groups excluding carboxylic acids is 1. The van der Waals surface area contributed by atoms with Gasteiger partial charge in [0, 0.05) is 40.5 Å². The van der Waals surface area contributed by atoms with Crippen molar-refractivity contribution in [2.24, 2.45) is 5.92 Å². The van der Waals surface area contributed by atoms with Gasteiger partial charge in [-0.1, -0.05) is 6.07 Å². The van der Waals surface area contributed by atoms with Gasteiger partial charge in [-0.15, -0.1) is 11.3 Å². The van der Waals surface area contributed by atoms with Crippen molar-refractivity contribution in [1.29, 1.82) is 0 Å². The van der Waals surface area contributed by atoms with Gasteiger partial charge in [0.05, 0.1) is 0 Å². The maximum absolute atomic E-state index is 12.1. The van der Waals surface area contributed by atoms with Gasteiger partial charge < -0.3 is 5.32 Å². The fourth-order valence-corrected chi connectivity index (χ4v) is 3.51. The topological polar surface area (TPSA) is 42.0 Å². The molecule has 0 radical (unpaired) electrons. The van der Waals surface area contributed by atoms with Crippen molar-refractivity contribution >= 4 is 17.2 Å². The SMILES string of the molecule is Cc1ccc([C@H]2C[C@@H]2C(=O)NCCc2cccnc2)s1. The Bertz CT molecular complexity index is 594. The van der Waals surface area contributed by atoms with Crippen LogP contribution < -0.4 is 5.32 Å². The van der Waals surface area contributed by atoms with Gasteiger partial charge in [-0.2, -0.15) is 0 Å². The molecule has 2 atom stereocenters. The quantitative estimate of drug-likeness (QED) is 0.918. The zero-order valence-corrected chi connectivity index (χ0v) is 12.3. The molecule has 3 nitrogen and oxygen atoms in total. The van der Waals surface area contributed by atoms with E-state index in [1.807, 2.05) is 29.7 Å². The Balaban J connectivity index is 1.45. The molecule has 2 heterocycles. The van der Waals surface area contributed by atoms with E-state index in [1.165, 1.54) is 9.75 Å². The fourth-order valence-electron chi connectivity index (χ4n) is 2.46. The number of aromatic nitrogens is 1. The lowest BCUT2D eigenvalue weighted by Crippen LogP contribution is -2.27. The Hall–Kier alpha value is -1.68. The van der Waals surface area contributed by atoms with Gasteiger partial charge in [-0.25, -0.2) is 0 Å². The van der Waals surface area contributed by atoms with Crippen molar-refractivity contribution in [1.82, 2.24) is 10.3 Å². The summed E-state index contributed by atoms with van der Waals surface area (Å²) in [6, 6.07) is 8.25. The van der Waals surface area contributed by atoms with Crippen LogP contribution in [0, 0.1) is 12.8 Å². The molecule has 0 saturated heterocycles. The summed E-state index contributed by atoms with van der Waals surface area (Å²) in [4.78, 5) is 18.8. The third kappa shape index (κ3) is 3.07.